The summed E-state index contributed by atoms with van der Waals surface area (Å²) in [6.45, 7) is 3.09. The molecule has 5 nitrogen and oxygen atoms in total. The Kier molecular flexibility index (Phi) is 7.68. The fourth-order valence-electron chi connectivity index (χ4n) is 3.91. The van der Waals surface area contributed by atoms with E-state index in [0.29, 0.717) is 30.4 Å². The van der Waals surface area contributed by atoms with Gasteiger partial charge in [0.25, 0.3) is 11.8 Å². The number of hydrogen-bond donors (Lipinski definition) is 1. The molecule has 29 heavy (non-hydrogen) atoms. The molecule has 0 radical (unpaired) electrons. The fraction of sp³-hybridized carbons (Fsp3) is 0.417. The molecular formula is C24H30N2O3. The Morgan fingerprint density at radius 3 is 2.41 bits per heavy atom. The fourth-order valence-corrected chi connectivity index (χ4v) is 3.91. The van der Waals surface area contributed by atoms with Crippen LogP contribution in [0.1, 0.15) is 54.9 Å². The minimum absolute atomic E-state index is 0.0149. The van der Waals surface area contributed by atoms with Crippen LogP contribution in [0.15, 0.2) is 54.6 Å². The summed E-state index contributed by atoms with van der Waals surface area (Å²) < 4.78 is 5.79. The SMILES string of the molecule is CCN(C(=O)COc1ccccc1C(=O)NCc1ccccc1)C1CCCCC1. The van der Waals surface area contributed by atoms with Gasteiger partial charge in [0, 0.05) is 19.1 Å². The van der Waals surface area contributed by atoms with Crippen molar-refractivity contribution in [3.8, 4) is 5.75 Å². The molecule has 1 aliphatic rings. The molecule has 0 spiro atoms. The van der Waals surface area contributed by atoms with E-state index in [2.05, 4.69) is 5.32 Å². The van der Waals surface area contributed by atoms with E-state index in [9.17, 15) is 9.59 Å². The van der Waals surface area contributed by atoms with Crippen molar-refractivity contribution in [2.45, 2.75) is 51.6 Å². The highest BCUT2D eigenvalue weighted by molar-refractivity contribution is 5.97. The molecule has 5 heteroatoms. The van der Waals surface area contributed by atoms with Crippen LogP contribution in [-0.4, -0.2) is 35.9 Å². The van der Waals surface area contributed by atoms with Crippen molar-refractivity contribution in [1.82, 2.24) is 10.2 Å². The van der Waals surface area contributed by atoms with Crippen molar-refractivity contribution in [1.29, 1.82) is 0 Å². The monoisotopic (exact) mass is 394 g/mol. The molecule has 0 saturated heterocycles. The smallest absolute Gasteiger partial charge is 0.260 e. The van der Waals surface area contributed by atoms with Crippen molar-refractivity contribution in [2.75, 3.05) is 13.2 Å². The van der Waals surface area contributed by atoms with Gasteiger partial charge in [0.15, 0.2) is 6.61 Å². The lowest BCUT2D eigenvalue weighted by atomic mass is 9.94. The minimum atomic E-state index is -0.212. The van der Waals surface area contributed by atoms with Crippen molar-refractivity contribution in [3.63, 3.8) is 0 Å². The Morgan fingerprint density at radius 2 is 1.69 bits per heavy atom. The van der Waals surface area contributed by atoms with Gasteiger partial charge < -0.3 is 15.0 Å². The van der Waals surface area contributed by atoms with Gasteiger partial charge in [-0.25, -0.2) is 0 Å². The Morgan fingerprint density at radius 1 is 1.00 bits per heavy atom. The summed E-state index contributed by atoms with van der Waals surface area (Å²) in [4.78, 5) is 27.3. The van der Waals surface area contributed by atoms with E-state index in [-0.39, 0.29) is 18.4 Å². The third-order valence-electron chi connectivity index (χ3n) is 5.46. The first-order chi connectivity index (χ1) is 14.2. The zero-order valence-corrected chi connectivity index (χ0v) is 17.1. The van der Waals surface area contributed by atoms with E-state index >= 15 is 0 Å². The quantitative estimate of drug-likeness (QED) is 0.731. The number of likely N-dealkylation sites (N-methyl/N-ethyl adjacent to an activating group) is 1. The number of carbonyl (C=O) groups is 2. The maximum absolute atomic E-state index is 12.7. The second kappa shape index (κ2) is 10.6. The van der Waals surface area contributed by atoms with Crippen molar-refractivity contribution in [2.24, 2.45) is 0 Å². The lowest BCUT2D eigenvalue weighted by Crippen LogP contribution is -2.43. The first kappa shape index (κ1) is 20.9. The third kappa shape index (κ3) is 5.83. The first-order valence-electron chi connectivity index (χ1n) is 10.5. The molecule has 0 heterocycles. The molecule has 0 aromatic heterocycles. The summed E-state index contributed by atoms with van der Waals surface area (Å²) in [5.74, 6) is 0.210. The van der Waals surface area contributed by atoms with Crippen LogP contribution in [0.5, 0.6) is 5.75 Å². The summed E-state index contributed by atoms with van der Waals surface area (Å²) in [7, 11) is 0. The number of para-hydroxylation sites is 1. The molecule has 2 aromatic rings. The predicted molar refractivity (Wildman–Crippen MR) is 114 cm³/mol. The van der Waals surface area contributed by atoms with Gasteiger partial charge in [-0.05, 0) is 37.5 Å². The van der Waals surface area contributed by atoms with Crippen molar-refractivity contribution in [3.05, 3.63) is 65.7 Å². The molecule has 2 amide bonds. The number of carbonyl (C=O) groups excluding carboxylic acids is 2. The van der Waals surface area contributed by atoms with Gasteiger partial charge in [0.2, 0.25) is 0 Å². The second-order valence-electron chi connectivity index (χ2n) is 7.42. The van der Waals surface area contributed by atoms with Gasteiger partial charge in [-0.3, -0.25) is 9.59 Å². The largest absolute Gasteiger partial charge is 0.483 e. The highest BCUT2D eigenvalue weighted by Gasteiger charge is 2.24. The number of nitrogens with zero attached hydrogens (tertiary/aromatic N) is 1. The summed E-state index contributed by atoms with van der Waals surface area (Å²) in [5, 5.41) is 2.91. The van der Waals surface area contributed by atoms with Gasteiger partial charge >= 0.3 is 0 Å². The molecule has 154 valence electrons. The van der Waals surface area contributed by atoms with E-state index in [1.807, 2.05) is 48.2 Å². The van der Waals surface area contributed by atoms with E-state index in [0.717, 1.165) is 18.4 Å². The van der Waals surface area contributed by atoms with Crippen molar-refractivity contribution < 1.29 is 14.3 Å². The molecule has 1 saturated carbocycles. The van der Waals surface area contributed by atoms with Crippen LogP contribution in [0.2, 0.25) is 0 Å². The highest BCUT2D eigenvalue weighted by Crippen LogP contribution is 2.23. The summed E-state index contributed by atoms with van der Waals surface area (Å²) >= 11 is 0. The summed E-state index contributed by atoms with van der Waals surface area (Å²) in [6, 6.07) is 17.1. The Balaban J connectivity index is 1.59. The molecule has 1 aliphatic carbocycles. The normalized spacial score (nSPS) is 14.2. The topological polar surface area (TPSA) is 58.6 Å². The lowest BCUT2D eigenvalue weighted by molar-refractivity contribution is -0.136. The average molecular weight is 395 g/mol. The number of benzene rings is 2. The zero-order chi connectivity index (χ0) is 20.5. The van der Waals surface area contributed by atoms with Crippen LogP contribution >= 0.6 is 0 Å². The van der Waals surface area contributed by atoms with Crippen LogP contribution in [0.3, 0.4) is 0 Å². The van der Waals surface area contributed by atoms with Gasteiger partial charge in [-0.1, -0.05) is 61.7 Å². The van der Waals surface area contributed by atoms with Crippen molar-refractivity contribution >= 4 is 11.8 Å². The number of nitrogens with one attached hydrogen (secondary N) is 1. The van der Waals surface area contributed by atoms with E-state index in [1.165, 1.54) is 19.3 Å². The van der Waals surface area contributed by atoms with Gasteiger partial charge in [-0.2, -0.15) is 0 Å². The van der Waals surface area contributed by atoms with Gasteiger partial charge in [0.05, 0.1) is 5.56 Å². The number of hydrogen-bond acceptors (Lipinski definition) is 3. The van der Waals surface area contributed by atoms with E-state index in [1.54, 1.807) is 18.2 Å². The molecule has 0 bridgehead atoms. The zero-order valence-electron chi connectivity index (χ0n) is 17.1. The highest BCUT2D eigenvalue weighted by atomic mass is 16.5. The number of rotatable bonds is 8. The summed E-state index contributed by atoms with van der Waals surface area (Å²) in [5.41, 5.74) is 1.47. The molecule has 0 unspecified atom stereocenters. The van der Waals surface area contributed by atoms with E-state index < -0.39 is 0 Å². The molecule has 1 N–H and O–H groups in total. The Bertz CT molecular complexity index is 801. The molecule has 1 fully saturated rings. The van der Waals surface area contributed by atoms with Crippen LogP contribution in [-0.2, 0) is 11.3 Å². The first-order valence-corrected chi connectivity index (χ1v) is 10.5. The third-order valence-corrected chi connectivity index (χ3v) is 5.46. The standard InChI is InChI=1S/C24H30N2O3/c1-2-26(20-13-7-4-8-14-20)23(27)18-29-22-16-10-9-15-21(22)24(28)25-17-19-11-5-3-6-12-19/h3,5-6,9-12,15-16,20H,2,4,7-8,13-14,17-18H2,1H3,(H,25,28). The van der Waals surface area contributed by atoms with Crippen LogP contribution in [0, 0.1) is 0 Å². The molecule has 0 aliphatic heterocycles. The van der Waals surface area contributed by atoms with Crippen LogP contribution in [0.4, 0.5) is 0 Å². The average Bonchev–Trinajstić information content (AvgIpc) is 2.78. The maximum atomic E-state index is 12.7. The Hall–Kier alpha value is -2.82. The van der Waals surface area contributed by atoms with Crippen LogP contribution < -0.4 is 10.1 Å². The predicted octanol–water partition coefficient (Wildman–Crippen LogP) is 4.18. The van der Waals surface area contributed by atoms with Gasteiger partial charge in [0.1, 0.15) is 5.75 Å². The van der Waals surface area contributed by atoms with Crippen LogP contribution in [0.25, 0.3) is 0 Å². The number of amides is 2. The Labute approximate surface area is 173 Å². The second-order valence-corrected chi connectivity index (χ2v) is 7.42. The van der Waals surface area contributed by atoms with E-state index in [4.69, 9.17) is 4.74 Å². The minimum Gasteiger partial charge on any atom is -0.483 e. The molecular weight excluding hydrogens is 364 g/mol. The molecule has 0 atom stereocenters. The summed E-state index contributed by atoms with van der Waals surface area (Å²) in [6.07, 6.45) is 5.75. The molecule has 3 rings (SSSR count). The number of ether oxygens (including phenoxy) is 1. The van der Waals surface area contributed by atoms with Gasteiger partial charge in [-0.15, -0.1) is 0 Å². The molecule has 2 aromatic carbocycles. The maximum Gasteiger partial charge on any atom is 0.260 e. The lowest BCUT2D eigenvalue weighted by Gasteiger charge is -2.33.